The summed E-state index contributed by atoms with van der Waals surface area (Å²) in [7, 11) is 0. The Kier molecular flexibility index (Phi) is 1.76. The predicted octanol–water partition coefficient (Wildman–Crippen LogP) is 0.805. The summed E-state index contributed by atoms with van der Waals surface area (Å²) < 4.78 is 5.04. The van der Waals surface area contributed by atoms with Crippen molar-refractivity contribution in [2.24, 2.45) is 0 Å². The summed E-state index contributed by atoms with van der Waals surface area (Å²) in [5.74, 6) is 0.0718. The summed E-state index contributed by atoms with van der Waals surface area (Å²) in [4.78, 5) is 10.2. The lowest BCUT2D eigenvalue weighted by Crippen LogP contribution is -2.13. The molecule has 0 saturated carbocycles. The van der Waals surface area contributed by atoms with Gasteiger partial charge in [0.15, 0.2) is 12.4 Å². The Hall–Kier alpha value is -0.830. The zero-order valence-corrected chi connectivity index (χ0v) is 6.00. The van der Waals surface area contributed by atoms with Crippen molar-refractivity contribution in [2.75, 3.05) is 0 Å². The van der Waals surface area contributed by atoms with E-state index in [9.17, 15) is 4.79 Å². The van der Waals surface area contributed by atoms with Crippen molar-refractivity contribution in [1.29, 1.82) is 0 Å². The van der Waals surface area contributed by atoms with Crippen molar-refractivity contribution in [1.82, 2.24) is 0 Å². The Morgan fingerprint density at radius 3 is 2.50 bits per heavy atom. The number of hydrogen-bond acceptors (Lipinski definition) is 3. The van der Waals surface area contributed by atoms with Crippen LogP contribution >= 0.6 is 0 Å². The summed E-state index contributed by atoms with van der Waals surface area (Å²) in [6.07, 6.45) is -0.257. The molecule has 0 saturated heterocycles. The monoisotopic (exact) mass is 142 g/mol. The van der Waals surface area contributed by atoms with Crippen LogP contribution in [0.25, 0.3) is 0 Å². The third kappa shape index (κ3) is 0.926. The average Bonchev–Trinajstić information content (AvgIpc) is 2.17. The van der Waals surface area contributed by atoms with Crippen LogP contribution in [0.3, 0.4) is 0 Å². The van der Waals surface area contributed by atoms with Gasteiger partial charge in [0.05, 0.1) is 6.10 Å². The first-order valence-corrected chi connectivity index (χ1v) is 3.17. The van der Waals surface area contributed by atoms with E-state index in [1.807, 2.05) is 0 Å². The Balaban J connectivity index is 2.82. The van der Waals surface area contributed by atoms with Gasteiger partial charge in [-0.15, -0.1) is 0 Å². The molecule has 1 N–H and O–H groups in total. The highest BCUT2D eigenvalue weighted by molar-refractivity contribution is 5.62. The van der Waals surface area contributed by atoms with Gasteiger partial charge in [-0.2, -0.15) is 0 Å². The fourth-order valence-corrected chi connectivity index (χ4v) is 0.916. The van der Waals surface area contributed by atoms with Crippen LogP contribution in [0.5, 0.6) is 0 Å². The maximum Gasteiger partial charge on any atom is 0.170 e. The number of aldehydes is 1. The molecule has 1 heterocycles. The number of carbonyl (C=O) groups excluding carboxylic acids is 1. The number of aliphatic hydroxyl groups is 1. The molecule has 2 unspecified atom stereocenters. The average molecular weight is 142 g/mol. The molecule has 56 valence electrons. The van der Waals surface area contributed by atoms with E-state index in [2.05, 4.69) is 0 Å². The highest BCUT2D eigenvalue weighted by Crippen LogP contribution is 2.22. The first-order valence-electron chi connectivity index (χ1n) is 3.17. The van der Waals surface area contributed by atoms with Gasteiger partial charge >= 0.3 is 0 Å². The molecule has 2 atom stereocenters. The number of carbonyl (C=O) groups is 1. The van der Waals surface area contributed by atoms with E-state index in [0.717, 1.165) is 5.57 Å². The summed E-state index contributed by atoms with van der Waals surface area (Å²) in [6.45, 7) is 3.55. The second kappa shape index (κ2) is 2.42. The van der Waals surface area contributed by atoms with Crippen LogP contribution in [-0.2, 0) is 9.53 Å². The minimum atomic E-state index is -0.727. The van der Waals surface area contributed by atoms with Crippen molar-refractivity contribution in [3.63, 3.8) is 0 Å². The fourth-order valence-electron chi connectivity index (χ4n) is 0.916. The van der Waals surface area contributed by atoms with E-state index < -0.39 is 6.10 Å². The van der Waals surface area contributed by atoms with Crippen LogP contribution in [0.1, 0.15) is 13.8 Å². The van der Waals surface area contributed by atoms with Crippen molar-refractivity contribution in [3.05, 3.63) is 11.3 Å². The second-order valence-corrected chi connectivity index (χ2v) is 2.40. The minimum Gasteiger partial charge on any atom is -0.509 e. The van der Waals surface area contributed by atoms with Crippen LogP contribution in [0.2, 0.25) is 0 Å². The van der Waals surface area contributed by atoms with Crippen molar-refractivity contribution in [3.8, 4) is 0 Å². The zero-order valence-electron chi connectivity index (χ0n) is 6.00. The van der Waals surface area contributed by atoms with Crippen LogP contribution in [0.4, 0.5) is 0 Å². The zero-order chi connectivity index (χ0) is 7.72. The number of rotatable bonds is 1. The van der Waals surface area contributed by atoms with Crippen LogP contribution in [0.15, 0.2) is 11.3 Å². The normalized spacial score (nSPS) is 33.0. The first kappa shape index (κ1) is 7.28. The summed E-state index contributed by atoms with van der Waals surface area (Å²) in [5, 5.41) is 9.15. The Morgan fingerprint density at radius 2 is 2.30 bits per heavy atom. The largest absolute Gasteiger partial charge is 0.509 e. The van der Waals surface area contributed by atoms with Gasteiger partial charge in [-0.3, -0.25) is 4.79 Å². The van der Waals surface area contributed by atoms with Gasteiger partial charge in [0.2, 0.25) is 0 Å². The summed E-state index contributed by atoms with van der Waals surface area (Å²) in [6, 6.07) is 0. The van der Waals surface area contributed by atoms with E-state index in [-0.39, 0.29) is 11.9 Å². The van der Waals surface area contributed by atoms with E-state index >= 15 is 0 Å². The molecule has 0 amide bonds. The van der Waals surface area contributed by atoms with E-state index in [1.165, 1.54) is 0 Å². The van der Waals surface area contributed by atoms with E-state index in [1.54, 1.807) is 13.8 Å². The van der Waals surface area contributed by atoms with Crippen LogP contribution < -0.4 is 0 Å². The highest BCUT2D eigenvalue weighted by Gasteiger charge is 2.28. The lowest BCUT2D eigenvalue weighted by atomic mass is 10.2. The van der Waals surface area contributed by atoms with Gasteiger partial charge in [-0.05, 0) is 19.4 Å². The van der Waals surface area contributed by atoms with Gasteiger partial charge in [0.1, 0.15) is 5.76 Å². The topological polar surface area (TPSA) is 46.5 Å². The van der Waals surface area contributed by atoms with Crippen molar-refractivity contribution in [2.45, 2.75) is 26.1 Å². The summed E-state index contributed by atoms with van der Waals surface area (Å²) >= 11 is 0. The maximum atomic E-state index is 10.2. The molecule has 0 aromatic rings. The molecule has 0 fully saturated rings. The molecule has 0 aromatic heterocycles. The second-order valence-electron chi connectivity index (χ2n) is 2.40. The number of aliphatic hydroxyl groups excluding tert-OH is 1. The molecule has 0 radical (unpaired) electrons. The molecule has 0 aliphatic carbocycles. The SMILES string of the molecule is CC1=C(O)C(C=O)OC1C. The molecular weight excluding hydrogens is 132 g/mol. The van der Waals surface area contributed by atoms with Gasteiger partial charge < -0.3 is 9.84 Å². The molecule has 3 nitrogen and oxygen atoms in total. The molecule has 10 heavy (non-hydrogen) atoms. The smallest absolute Gasteiger partial charge is 0.170 e. The predicted molar refractivity (Wildman–Crippen MR) is 35.7 cm³/mol. The fraction of sp³-hybridized carbons (Fsp3) is 0.571. The Morgan fingerprint density at radius 1 is 1.70 bits per heavy atom. The third-order valence-electron chi connectivity index (χ3n) is 1.76. The molecule has 1 rings (SSSR count). The van der Waals surface area contributed by atoms with Gasteiger partial charge in [-0.25, -0.2) is 0 Å². The molecule has 1 aliphatic heterocycles. The lowest BCUT2D eigenvalue weighted by Gasteiger charge is -2.03. The van der Waals surface area contributed by atoms with Crippen LogP contribution in [-0.4, -0.2) is 23.6 Å². The summed E-state index contributed by atoms with van der Waals surface area (Å²) in [5.41, 5.74) is 0.747. The minimum absolute atomic E-state index is 0.0718. The van der Waals surface area contributed by atoms with Crippen molar-refractivity contribution >= 4 is 6.29 Å². The Labute approximate surface area is 59.3 Å². The standard InChI is InChI=1S/C7H10O3/c1-4-5(2)10-6(3-8)7(4)9/h3,5-6,9H,1-2H3. The molecular formula is C7H10O3. The van der Waals surface area contributed by atoms with E-state index in [4.69, 9.17) is 9.84 Å². The first-order chi connectivity index (χ1) is 4.66. The third-order valence-corrected chi connectivity index (χ3v) is 1.76. The van der Waals surface area contributed by atoms with Gasteiger partial charge in [0.25, 0.3) is 0 Å². The number of hydrogen-bond donors (Lipinski definition) is 1. The molecule has 0 aromatic carbocycles. The van der Waals surface area contributed by atoms with E-state index in [0.29, 0.717) is 6.29 Å². The highest BCUT2D eigenvalue weighted by atomic mass is 16.5. The lowest BCUT2D eigenvalue weighted by molar-refractivity contribution is -0.117. The van der Waals surface area contributed by atoms with Gasteiger partial charge in [0, 0.05) is 0 Å². The molecule has 1 aliphatic rings. The Bertz CT molecular complexity index is 183. The number of ether oxygens (including phenoxy) is 1. The van der Waals surface area contributed by atoms with Crippen LogP contribution in [0, 0.1) is 0 Å². The maximum absolute atomic E-state index is 10.2. The van der Waals surface area contributed by atoms with Crippen molar-refractivity contribution < 1.29 is 14.6 Å². The quantitative estimate of drug-likeness (QED) is 0.551. The molecule has 3 heteroatoms. The molecule has 0 spiro atoms. The molecule has 0 bridgehead atoms. The van der Waals surface area contributed by atoms with Gasteiger partial charge in [-0.1, -0.05) is 0 Å².